The van der Waals surface area contributed by atoms with Crippen LogP contribution in [-0.4, -0.2) is 18.0 Å². The van der Waals surface area contributed by atoms with Gasteiger partial charge in [-0.25, -0.2) is 0 Å². The van der Waals surface area contributed by atoms with Gasteiger partial charge in [0.25, 0.3) is 5.91 Å². The highest BCUT2D eigenvalue weighted by atomic mass is 35.5. The minimum Gasteiger partial charge on any atom is -0.497 e. The van der Waals surface area contributed by atoms with Gasteiger partial charge in [-0.15, -0.1) is 0 Å². The van der Waals surface area contributed by atoms with E-state index in [1.54, 1.807) is 61.7 Å². The first-order valence-corrected chi connectivity index (χ1v) is 8.45. The highest BCUT2D eigenvalue weighted by Crippen LogP contribution is 2.32. The smallest absolute Gasteiger partial charge is 0.274 e. The Morgan fingerprint density at radius 3 is 2.35 bits per heavy atom. The molecule has 0 atom stereocenters. The van der Waals surface area contributed by atoms with Gasteiger partial charge in [-0.3, -0.25) is 9.78 Å². The van der Waals surface area contributed by atoms with Crippen molar-refractivity contribution < 1.29 is 9.53 Å². The molecule has 0 spiro atoms. The number of rotatable bonds is 5. The predicted octanol–water partition coefficient (Wildman–Crippen LogP) is 5.39. The number of hydrogen-bond acceptors (Lipinski definition) is 4. The first kappa shape index (κ1) is 18.0. The third kappa shape index (κ3) is 4.25. The summed E-state index contributed by atoms with van der Waals surface area (Å²) in [5, 5.41) is 6.87. The number of hydrogen-bond donors (Lipinski definition) is 2. The lowest BCUT2D eigenvalue weighted by Gasteiger charge is -2.11. The summed E-state index contributed by atoms with van der Waals surface area (Å²) in [6.45, 7) is 0. The van der Waals surface area contributed by atoms with E-state index in [0.29, 0.717) is 32.9 Å². The van der Waals surface area contributed by atoms with Gasteiger partial charge in [-0.05, 0) is 48.5 Å². The summed E-state index contributed by atoms with van der Waals surface area (Å²) >= 11 is 12.3. The van der Waals surface area contributed by atoms with Crippen LogP contribution in [0, 0.1) is 0 Å². The fourth-order valence-corrected chi connectivity index (χ4v) is 2.76. The lowest BCUT2D eigenvalue weighted by Crippen LogP contribution is -2.13. The molecule has 3 rings (SSSR count). The van der Waals surface area contributed by atoms with E-state index in [4.69, 9.17) is 27.9 Å². The van der Waals surface area contributed by atoms with E-state index in [1.807, 2.05) is 0 Å². The maximum Gasteiger partial charge on any atom is 0.274 e. The van der Waals surface area contributed by atoms with Crippen molar-refractivity contribution in [2.75, 3.05) is 17.7 Å². The largest absolute Gasteiger partial charge is 0.497 e. The molecule has 5 nitrogen and oxygen atoms in total. The van der Waals surface area contributed by atoms with Gasteiger partial charge in [0.2, 0.25) is 0 Å². The molecule has 0 saturated carbocycles. The molecular formula is C19H15Cl2N3O2. The van der Waals surface area contributed by atoms with E-state index in [9.17, 15) is 4.79 Å². The standard InChI is InChI=1S/C19H15Cl2N3O2/c1-26-14-7-5-12(6-8-14)24-19(25)17-11-13(9-10-22-17)23-18-15(20)3-2-4-16(18)21/h2-11H,1H3,(H,22,23)(H,24,25). The van der Waals surface area contributed by atoms with Gasteiger partial charge >= 0.3 is 0 Å². The molecule has 0 unspecified atom stereocenters. The molecule has 2 aromatic carbocycles. The monoisotopic (exact) mass is 387 g/mol. The van der Waals surface area contributed by atoms with E-state index in [2.05, 4.69) is 15.6 Å². The molecule has 132 valence electrons. The summed E-state index contributed by atoms with van der Waals surface area (Å²) in [4.78, 5) is 16.5. The lowest BCUT2D eigenvalue weighted by atomic mass is 10.2. The second kappa shape index (κ2) is 8.08. The van der Waals surface area contributed by atoms with Gasteiger partial charge in [0, 0.05) is 17.6 Å². The van der Waals surface area contributed by atoms with Crippen molar-refractivity contribution in [2.45, 2.75) is 0 Å². The van der Waals surface area contributed by atoms with Crippen molar-refractivity contribution in [3.8, 4) is 5.75 Å². The number of nitrogens with zero attached hydrogens (tertiary/aromatic N) is 1. The Hall–Kier alpha value is -2.76. The number of nitrogens with one attached hydrogen (secondary N) is 2. The van der Waals surface area contributed by atoms with E-state index >= 15 is 0 Å². The summed E-state index contributed by atoms with van der Waals surface area (Å²) < 4.78 is 5.10. The summed E-state index contributed by atoms with van der Waals surface area (Å²) in [7, 11) is 1.58. The Kier molecular flexibility index (Phi) is 5.61. The minimum atomic E-state index is -0.330. The average Bonchev–Trinajstić information content (AvgIpc) is 2.66. The minimum absolute atomic E-state index is 0.258. The van der Waals surface area contributed by atoms with Crippen LogP contribution in [0.25, 0.3) is 0 Å². The zero-order valence-corrected chi connectivity index (χ0v) is 15.3. The number of methoxy groups -OCH3 is 1. The Balaban J connectivity index is 1.76. The second-order valence-electron chi connectivity index (χ2n) is 5.33. The Morgan fingerprint density at radius 2 is 1.69 bits per heavy atom. The number of ether oxygens (including phenoxy) is 1. The van der Waals surface area contributed by atoms with Crippen LogP contribution in [0.2, 0.25) is 10.0 Å². The maximum atomic E-state index is 12.4. The van der Waals surface area contributed by atoms with Crippen molar-refractivity contribution in [1.29, 1.82) is 0 Å². The van der Waals surface area contributed by atoms with Crippen LogP contribution < -0.4 is 15.4 Å². The molecule has 1 amide bonds. The molecular weight excluding hydrogens is 373 g/mol. The number of benzene rings is 2. The molecule has 1 heterocycles. The lowest BCUT2D eigenvalue weighted by molar-refractivity contribution is 0.102. The molecule has 3 aromatic rings. The fourth-order valence-electron chi connectivity index (χ4n) is 2.26. The molecule has 0 bridgehead atoms. The highest BCUT2D eigenvalue weighted by molar-refractivity contribution is 6.39. The van der Waals surface area contributed by atoms with Crippen LogP contribution >= 0.6 is 23.2 Å². The average molecular weight is 388 g/mol. The predicted molar refractivity (Wildman–Crippen MR) is 105 cm³/mol. The van der Waals surface area contributed by atoms with E-state index in [-0.39, 0.29) is 11.6 Å². The number of aromatic nitrogens is 1. The van der Waals surface area contributed by atoms with Gasteiger partial charge in [0.05, 0.1) is 22.8 Å². The molecule has 1 aromatic heterocycles. The van der Waals surface area contributed by atoms with Gasteiger partial charge < -0.3 is 15.4 Å². The highest BCUT2D eigenvalue weighted by Gasteiger charge is 2.11. The first-order valence-electron chi connectivity index (χ1n) is 7.69. The normalized spacial score (nSPS) is 10.3. The number of carbonyl (C=O) groups is 1. The second-order valence-corrected chi connectivity index (χ2v) is 6.15. The van der Waals surface area contributed by atoms with Crippen LogP contribution in [0.5, 0.6) is 5.75 Å². The Bertz CT molecular complexity index is 910. The number of para-hydroxylation sites is 1. The maximum absolute atomic E-state index is 12.4. The van der Waals surface area contributed by atoms with Crippen LogP contribution in [0.4, 0.5) is 17.1 Å². The van der Waals surface area contributed by atoms with E-state index in [1.165, 1.54) is 6.20 Å². The molecule has 0 aliphatic carbocycles. The quantitative estimate of drug-likeness (QED) is 0.615. The van der Waals surface area contributed by atoms with Crippen molar-refractivity contribution in [3.05, 3.63) is 76.5 Å². The van der Waals surface area contributed by atoms with E-state index < -0.39 is 0 Å². The van der Waals surface area contributed by atoms with Crippen molar-refractivity contribution in [1.82, 2.24) is 4.98 Å². The zero-order chi connectivity index (χ0) is 18.5. The summed E-state index contributed by atoms with van der Waals surface area (Å²) in [6.07, 6.45) is 1.54. The molecule has 0 fully saturated rings. The van der Waals surface area contributed by atoms with Crippen LogP contribution in [-0.2, 0) is 0 Å². The molecule has 2 N–H and O–H groups in total. The third-order valence-corrected chi connectivity index (χ3v) is 4.20. The Labute approximate surface area is 160 Å². The first-order chi connectivity index (χ1) is 12.6. The van der Waals surface area contributed by atoms with Gasteiger partial charge in [0.1, 0.15) is 11.4 Å². The number of carbonyl (C=O) groups excluding carboxylic acids is 1. The number of anilines is 3. The molecule has 0 radical (unpaired) electrons. The summed E-state index contributed by atoms with van der Waals surface area (Å²) in [6, 6.07) is 15.6. The topological polar surface area (TPSA) is 63.2 Å². The SMILES string of the molecule is COc1ccc(NC(=O)c2cc(Nc3c(Cl)cccc3Cl)ccn2)cc1. The molecule has 7 heteroatoms. The van der Waals surface area contributed by atoms with Gasteiger partial charge in [-0.2, -0.15) is 0 Å². The van der Waals surface area contributed by atoms with Crippen molar-refractivity contribution >= 4 is 46.2 Å². The van der Waals surface area contributed by atoms with Gasteiger partial charge in [-0.1, -0.05) is 29.3 Å². The fraction of sp³-hybridized carbons (Fsp3) is 0.0526. The number of amides is 1. The van der Waals surface area contributed by atoms with Crippen LogP contribution in [0.3, 0.4) is 0 Å². The molecule has 26 heavy (non-hydrogen) atoms. The van der Waals surface area contributed by atoms with Gasteiger partial charge in [0.15, 0.2) is 0 Å². The number of pyridine rings is 1. The summed E-state index contributed by atoms with van der Waals surface area (Å²) in [5.41, 5.74) is 2.12. The third-order valence-electron chi connectivity index (χ3n) is 3.57. The molecule has 0 aliphatic rings. The summed E-state index contributed by atoms with van der Waals surface area (Å²) in [5.74, 6) is 0.382. The Morgan fingerprint density at radius 1 is 1.00 bits per heavy atom. The van der Waals surface area contributed by atoms with E-state index in [0.717, 1.165) is 0 Å². The van der Waals surface area contributed by atoms with Crippen molar-refractivity contribution in [2.24, 2.45) is 0 Å². The molecule has 0 aliphatic heterocycles. The van der Waals surface area contributed by atoms with Crippen LogP contribution in [0.15, 0.2) is 60.8 Å². The number of halogens is 2. The van der Waals surface area contributed by atoms with Crippen LogP contribution in [0.1, 0.15) is 10.5 Å². The molecule has 0 saturated heterocycles. The van der Waals surface area contributed by atoms with Crippen molar-refractivity contribution in [3.63, 3.8) is 0 Å². The zero-order valence-electron chi connectivity index (χ0n) is 13.8.